The van der Waals surface area contributed by atoms with E-state index in [2.05, 4.69) is 10.2 Å². The fourth-order valence-corrected chi connectivity index (χ4v) is 3.52. The van der Waals surface area contributed by atoms with E-state index < -0.39 is 33.2 Å². The Hall–Kier alpha value is -2.28. The molecule has 28 heavy (non-hydrogen) atoms. The molecule has 0 bridgehead atoms. The smallest absolute Gasteiger partial charge is 0.445 e. The second kappa shape index (κ2) is 7.62. The first kappa shape index (κ1) is 20.5. The van der Waals surface area contributed by atoms with Gasteiger partial charge in [-0.3, -0.25) is 4.65 Å². The highest BCUT2D eigenvalue weighted by atomic mass is 32.1. The maximum Gasteiger partial charge on any atom is 0.445 e. The molecule has 0 saturated carbocycles. The summed E-state index contributed by atoms with van der Waals surface area (Å²) in [5, 5.41) is 18.1. The summed E-state index contributed by atoms with van der Waals surface area (Å²) in [6.07, 6.45) is -5.96. The number of hydrogen-bond acceptors (Lipinski definition) is 8. The van der Waals surface area contributed by atoms with Gasteiger partial charge in [-0.15, -0.1) is 5.10 Å². The van der Waals surface area contributed by atoms with Crippen LogP contribution in [0.3, 0.4) is 0 Å². The molecule has 1 aliphatic rings. The standard InChI is InChI=1S/C16H17F3N4O4S/c1-3-26-11-6-4-10(5-7-11)13(24)27-12-8-22(2)9-23(12,25)15-21-20-14(28-15)16(17,18)19/h4-7,12H,3,8-9H2,1-2H3. The number of nitrogens with zero attached hydrogens (tertiary/aromatic N) is 4. The number of halogens is 3. The molecule has 12 heteroatoms. The summed E-state index contributed by atoms with van der Waals surface area (Å²) in [6.45, 7) is 2.12. The Labute approximate surface area is 162 Å². The number of ether oxygens (including phenoxy) is 2. The Kier molecular flexibility index (Phi) is 5.57. The van der Waals surface area contributed by atoms with Crippen molar-refractivity contribution >= 4 is 22.4 Å². The van der Waals surface area contributed by atoms with Crippen LogP contribution in [0, 0.1) is 5.21 Å². The molecule has 1 saturated heterocycles. The third-order valence-corrected chi connectivity index (χ3v) is 5.09. The number of hydrogen-bond donors (Lipinski definition) is 0. The van der Waals surface area contributed by atoms with Crippen molar-refractivity contribution in [2.75, 3.05) is 26.9 Å². The lowest BCUT2D eigenvalue weighted by Gasteiger charge is -2.38. The maximum atomic E-state index is 13.2. The molecule has 2 heterocycles. The Bertz CT molecular complexity index is 845. The second-order valence-electron chi connectivity index (χ2n) is 6.18. The molecule has 2 atom stereocenters. The molecular formula is C16H17F3N4O4S. The van der Waals surface area contributed by atoms with Crippen LogP contribution in [0.2, 0.25) is 0 Å². The van der Waals surface area contributed by atoms with Crippen molar-refractivity contribution in [3.63, 3.8) is 0 Å². The Morgan fingerprint density at radius 1 is 1.36 bits per heavy atom. The molecule has 0 spiro atoms. The molecule has 1 aromatic heterocycles. The number of benzene rings is 1. The van der Waals surface area contributed by atoms with Gasteiger partial charge in [-0.05, 0) is 49.6 Å². The first-order chi connectivity index (χ1) is 13.1. The van der Waals surface area contributed by atoms with Crippen LogP contribution in [0.5, 0.6) is 5.75 Å². The van der Waals surface area contributed by atoms with E-state index in [1.807, 2.05) is 6.92 Å². The monoisotopic (exact) mass is 418 g/mol. The number of carbonyl (C=O) groups excluding carboxylic acids is 1. The van der Waals surface area contributed by atoms with Gasteiger partial charge in [-0.25, -0.2) is 9.69 Å². The van der Waals surface area contributed by atoms with Crippen LogP contribution >= 0.6 is 11.3 Å². The average molecular weight is 418 g/mol. The summed E-state index contributed by atoms with van der Waals surface area (Å²) in [5.74, 6) is -0.190. The van der Waals surface area contributed by atoms with Gasteiger partial charge in [-0.1, -0.05) is 5.10 Å². The van der Waals surface area contributed by atoms with Crippen molar-refractivity contribution < 1.29 is 27.4 Å². The SMILES string of the molecule is CCOc1ccc(C(=O)OC2CN(C)C[N+]2([O-])c2nnc(C(F)(F)F)s2)cc1. The van der Waals surface area contributed by atoms with E-state index in [9.17, 15) is 23.2 Å². The Morgan fingerprint density at radius 3 is 2.61 bits per heavy atom. The molecule has 0 aliphatic carbocycles. The molecule has 0 radical (unpaired) electrons. The van der Waals surface area contributed by atoms with Gasteiger partial charge in [0, 0.05) is 0 Å². The van der Waals surface area contributed by atoms with E-state index in [1.165, 1.54) is 12.1 Å². The Morgan fingerprint density at radius 2 is 2.04 bits per heavy atom. The fraction of sp³-hybridized carbons (Fsp3) is 0.438. The highest BCUT2D eigenvalue weighted by molar-refractivity contribution is 7.15. The van der Waals surface area contributed by atoms with E-state index in [0.29, 0.717) is 12.4 Å². The van der Waals surface area contributed by atoms with Crippen LogP contribution in [-0.4, -0.2) is 54.2 Å². The third-order valence-electron chi connectivity index (χ3n) is 4.01. The van der Waals surface area contributed by atoms with Crippen molar-refractivity contribution in [3.05, 3.63) is 40.0 Å². The quantitative estimate of drug-likeness (QED) is 0.419. The van der Waals surface area contributed by atoms with Gasteiger partial charge in [0.1, 0.15) is 12.4 Å². The third kappa shape index (κ3) is 4.09. The minimum Gasteiger partial charge on any atom is -0.622 e. The van der Waals surface area contributed by atoms with E-state index in [0.717, 1.165) is 0 Å². The van der Waals surface area contributed by atoms with Gasteiger partial charge in [0.05, 0.1) is 18.7 Å². The summed E-state index contributed by atoms with van der Waals surface area (Å²) in [4.78, 5) is 14.0. The number of carbonyl (C=O) groups is 1. The van der Waals surface area contributed by atoms with Crippen molar-refractivity contribution in [3.8, 4) is 5.75 Å². The highest BCUT2D eigenvalue weighted by Gasteiger charge is 2.47. The van der Waals surface area contributed by atoms with Crippen molar-refractivity contribution in [1.29, 1.82) is 0 Å². The number of aromatic nitrogens is 2. The highest BCUT2D eigenvalue weighted by Crippen LogP contribution is 2.39. The van der Waals surface area contributed by atoms with Crippen LogP contribution in [-0.2, 0) is 10.9 Å². The van der Waals surface area contributed by atoms with Crippen molar-refractivity contribution in [2.24, 2.45) is 0 Å². The molecular weight excluding hydrogens is 401 g/mol. The lowest BCUT2D eigenvalue weighted by Crippen LogP contribution is -2.50. The summed E-state index contributed by atoms with van der Waals surface area (Å²) < 4.78 is 47.7. The second-order valence-corrected chi connectivity index (χ2v) is 7.14. The van der Waals surface area contributed by atoms with E-state index in [4.69, 9.17) is 9.47 Å². The van der Waals surface area contributed by atoms with Crippen LogP contribution in [0.15, 0.2) is 24.3 Å². The van der Waals surface area contributed by atoms with Crippen LogP contribution in [0.1, 0.15) is 22.3 Å². The molecule has 2 aromatic rings. The summed E-state index contributed by atoms with van der Waals surface area (Å²) in [6, 6.07) is 6.14. The molecule has 1 aromatic carbocycles. The molecule has 2 unspecified atom stereocenters. The topological polar surface area (TPSA) is 87.6 Å². The zero-order valence-corrected chi connectivity index (χ0v) is 15.8. The fourth-order valence-electron chi connectivity index (χ4n) is 2.74. The summed E-state index contributed by atoms with van der Waals surface area (Å²) >= 11 is 0.150. The molecule has 0 N–H and O–H groups in total. The number of esters is 1. The number of rotatable bonds is 5. The van der Waals surface area contributed by atoms with Gasteiger partial charge in [0.15, 0.2) is 0 Å². The van der Waals surface area contributed by atoms with Crippen molar-refractivity contribution in [1.82, 2.24) is 19.7 Å². The predicted octanol–water partition coefficient (Wildman–Crippen LogP) is 2.85. The van der Waals surface area contributed by atoms with Gasteiger partial charge in [-0.2, -0.15) is 13.2 Å². The van der Waals surface area contributed by atoms with Gasteiger partial charge >= 0.3 is 17.3 Å². The van der Waals surface area contributed by atoms with Gasteiger partial charge in [0.25, 0.3) is 6.23 Å². The normalized spacial score (nSPS) is 23.0. The first-order valence-electron chi connectivity index (χ1n) is 8.26. The van der Waals surface area contributed by atoms with Gasteiger partial charge < -0.3 is 14.7 Å². The van der Waals surface area contributed by atoms with Crippen LogP contribution in [0.4, 0.5) is 18.3 Å². The predicted molar refractivity (Wildman–Crippen MR) is 94.4 cm³/mol. The van der Waals surface area contributed by atoms with E-state index in [-0.39, 0.29) is 30.1 Å². The minimum absolute atomic E-state index is 0.0488. The minimum atomic E-state index is -4.70. The average Bonchev–Trinajstić information content (AvgIpc) is 3.22. The van der Waals surface area contributed by atoms with Crippen LogP contribution < -0.4 is 9.38 Å². The summed E-state index contributed by atoms with van der Waals surface area (Å²) in [7, 11) is 1.60. The zero-order chi connectivity index (χ0) is 20.5. The zero-order valence-electron chi connectivity index (χ0n) is 15.0. The maximum absolute atomic E-state index is 13.2. The molecule has 1 fully saturated rings. The Balaban J connectivity index is 1.79. The number of quaternary nitrogens is 1. The number of hydroxylamine groups is 2. The molecule has 3 rings (SSSR count). The number of alkyl halides is 3. The van der Waals surface area contributed by atoms with Crippen LogP contribution in [0.25, 0.3) is 0 Å². The lowest BCUT2D eigenvalue weighted by molar-refractivity contribution is -0.138. The van der Waals surface area contributed by atoms with E-state index in [1.54, 1.807) is 24.1 Å². The molecule has 152 valence electrons. The lowest BCUT2D eigenvalue weighted by atomic mass is 10.2. The number of likely N-dealkylation sites (N-methyl/N-ethyl adjacent to an activating group) is 1. The molecule has 0 amide bonds. The van der Waals surface area contributed by atoms with Gasteiger partial charge in [0.2, 0.25) is 5.01 Å². The summed E-state index contributed by atoms with van der Waals surface area (Å²) in [5.41, 5.74) is 0.192. The van der Waals surface area contributed by atoms with E-state index >= 15 is 0 Å². The molecule has 8 nitrogen and oxygen atoms in total. The first-order valence-corrected chi connectivity index (χ1v) is 9.07. The largest absolute Gasteiger partial charge is 0.622 e. The van der Waals surface area contributed by atoms with Crippen molar-refractivity contribution in [2.45, 2.75) is 19.3 Å². The molecule has 1 aliphatic heterocycles.